The standard InChI is InChI=1S/C18H18ClNO4/c1-12-3-4-13(2)16(9-12)20-17(21)10-24-18(22)11-23-15-7-5-14(19)6-8-15/h3-9H,10-11H2,1-2H3,(H,20,21). The highest BCUT2D eigenvalue weighted by Gasteiger charge is 2.10. The summed E-state index contributed by atoms with van der Waals surface area (Å²) in [6.07, 6.45) is 0. The fourth-order valence-electron chi connectivity index (χ4n) is 1.92. The number of aryl methyl sites for hydroxylation is 2. The maximum Gasteiger partial charge on any atom is 0.344 e. The van der Waals surface area contributed by atoms with Crippen molar-refractivity contribution in [3.63, 3.8) is 0 Å². The van der Waals surface area contributed by atoms with Crippen molar-refractivity contribution in [2.45, 2.75) is 13.8 Å². The van der Waals surface area contributed by atoms with Crippen LogP contribution in [0.5, 0.6) is 5.75 Å². The molecular weight excluding hydrogens is 330 g/mol. The topological polar surface area (TPSA) is 64.6 Å². The minimum atomic E-state index is -0.624. The monoisotopic (exact) mass is 347 g/mol. The van der Waals surface area contributed by atoms with Crippen LogP contribution in [0.4, 0.5) is 5.69 Å². The highest BCUT2D eigenvalue weighted by atomic mass is 35.5. The molecule has 2 aromatic carbocycles. The van der Waals surface area contributed by atoms with Crippen LogP contribution in [0.3, 0.4) is 0 Å². The van der Waals surface area contributed by atoms with E-state index in [0.717, 1.165) is 11.1 Å². The molecule has 0 saturated heterocycles. The van der Waals surface area contributed by atoms with Gasteiger partial charge in [0.15, 0.2) is 13.2 Å². The Balaban J connectivity index is 1.75. The molecule has 0 aliphatic rings. The highest BCUT2D eigenvalue weighted by molar-refractivity contribution is 6.30. The first-order valence-corrected chi connectivity index (χ1v) is 7.73. The fraction of sp³-hybridized carbons (Fsp3) is 0.222. The predicted octanol–water partition coefficient (Wildman–Crippen LogP) is 3.52. The van der Waals surface area contributed by atoms with Crippen LogP contribution in [0.1, 0.15) is 11.1 Å². The van der Waals surface area contributed by atoms with Gasteiger partial charge in [-0.2, -0.15) is 0 Å². The molecule has 2 aromatic rings. The minimum absolute atomic E-state index is 0.279. The van der Waals surface area contributed by atoms with Crippen LogP contribution in [0.2, 0.25) is 5.02 Å². The number of halogens is 1. The van der Waals surface area contributed by atoms with Gasteiger partial charge in [-0.25, -0.2) is 4.79 Å². The molecule has 0 aliphatic heterocycles. The van der Waals surface area contributed by atoms with Gasteiger partial charge in [-0.15, -0.1) is 0 Å². The molecular formula is C18H18ClNO4. The Morgan fingerprint density at radius 1 is 1.04 bits per heavy atom. The van der Waals surface area contributed by atoms with Crippen LogP contribution in [-0.4, -0.2) is 25.1 Å². The number of amides is 1. The van der Waals surface area contributed by atoms with E-state index in [-0.39, 0.29) is 13.2 Å². The number of hydrogen-bond acceptors (Lipinski definition) is 4. The van der Waals surface area contributed by atoms with Gasteiger partial charge < -0.3 is 14.8 Å². The Morgan fingerprint density at radius 2 is 1.75 bits per heavy atom. The molecule has 0 spiro atoms. The van der Waals surface area contributed by atoms with Gasteiger partial charge >= 0.3 is 5.97 Å². The average molecular weight is 348 g/mol. The number of hydrogen-bond donors (Lipinski definition) is 1. The number of carbonyl (C=O) groups is 2. The molecule has 126 valence electrons. The van der Waals surface area contributed by atoms with Crippen LogP contribution in [0.25, 0.3) is 0 Å². The SMILES string of the molecule is Cc1ccc(C)c(NC(=O)COC(=O)COc2ccc(Cl)cc2)c1. The molecule has 0 aliphatic carbocycles. The Labute approximate surface area is 145 Å². The first-order chi connectivity index (χ1) is 11.4. The number of esters is 1. The first-order valence-electron chi connectivity index (χ1n) is 7.35. The van der Waals surface area contributed by atoms with Crippen molar-refractivity contribution >= 4 is 29.2 Å². The van der Waals surface area contributed by atoms with Gasteiger partial charge in [0.25, 0.3) is 5.91 Å². The third-order valence-electron chi connectivity index (χ3n) is 3.20. The number of rotatable bonds is 6. The summed E-state index contributed by atoms with van der Waals surface area (Å²) < 4.78 is 10.1. The van der Waals surface area contributed by atoms with Crippen LogP contribution < -0.4 is 10.1 Å². The minimum Gasteiger partial charge on any atom is -0.482 e. The van der Waals surface area contributed by atoms with Crippen LogP contribution in [-0.2, 0) is 14.3 Å². The van der Waals surface area contributed by atoms with Gasteiger partial charge in [0.05, 0.1) is 0 Å². The van der Waals surface area contributed by atoms with E-state index in [4.69, 9.17) is 21.1 Å². The lowest BCUT2D eigenvalue weighted by atomic mass is 10.1. The third-order valence-corrected chi connectivity index (χ3v) is 3.45. The number of nitrogens with one attached hydrogen (secondary N) is 1. The molecule has 0 unspecified atom stereocenters. The summed E-state index contributed by atoms with van der Waals surface area (Å²) in [7, 11) is 0. The summed E-state index contributed by atoms with van der Waals surface area (Å²) in [5, 5.41) is 3.29. The van der Waals surface area contributed by atoms with Crippen LogP contribution in [0.15, 0.2) is 42.5 Å². The van der Waals surface area contributed by atoms with E-state index in [2.05, 4.69) is 5.32 Å². The molecule has 0 saturated carbocycles. The smallest absolute Gasteiger partial charge is 0.344 e. The van der Waals surface area contributed by atoms with Crippen molar-refractivity contribution in [2.75, 3.05) is 18.5 Å². The molecule has 5 nitrogen and oxygen atoms in total. The van der Waals surface area contributed by atoms with Crippen LogP contribution in [0, 0.1) is 13.8 Å². The number of ether oxygens (including phenoxy) is 2. The van der Waals surface area contributed by atoms with Gasteiger partial charge in [-0.1, -0.05) is 23.7 Å². The van der Waals surface area contributed by atoms with E-state index in [0.29, 0.717) is 16.5 Å². The Kier molecular flexibility index (Phi) is 6.21. The van der Waals surface area contributed by atoms with Gasteiger partial charge in [-0.05, 0) is 55.3 Å². The fourth-order valence-corrected chi connectivity index (χ4v) is 2.04. The van der Waals surface area contributed by atoms with E-state index < -0.39 is 11.9 Å². The number of anilines is 1. The molecule has 6 heteroatoms. The molecule has 0 fully saturated rings. The van der Waals surface area contributed by atoms with Gasteiger partial charge in [0.1, 0.15) is 5.75 Å². The maximum absolute atomic E-state index is 11.8. The molecule has 0 heterocycles. The zero-order valence-corrected chi connectivity index (χ0v) is 14.2. The summed E-state index contributed by atoms with van der Waals surface area (Å²) >= 11 is 5.75. The van der Waals surface area contributed by atoms with E-state index in [1.807, 2.05) is 32.0 Å². The summed E-state index contributed by atoms with van der Waals surface area (Å²) in [6.45, 7) is 3.18. The van der Waals surface area contributed by atoms with E-state index in [9.17, 15) is 9.59 Å². The quantitative estimate of drug-likeness (QED) is 0.812. The summed E-state index contributed by atoms with van der Waals surface area (Å²) in [5.74, 6) is -0.527. The van der Waals surface area contributed by atoms with Crippen molar-refractivity contribution < 1.29 is 19.1 Å². The Hall–Kier alpha value is -2.53. The molecule has 2 rings (SSSR count). The molecule has 24 heavy (non-hydrogen) atoms. The van der Waals surface area contributed by atoms with Crippen molar-refractivity contribution in [2.24, 2.45) is 0 Å². The normalized spacial score (nSPS) is 10.1. The summed E-state index contributed by atoms with van der Waals surface area (Å²) in [4.78, 5) is 23.5. The van der Waals surface area contributed by atoms with Crippen molar-refractivity contribution in [1.82, 2.24) is 0 Å². The van der Waals surface area contributed by atoms with Gasteiger partial charge in [0.2, 0.25) is 0 Å². The second-order valence-electron chi connectivity index (χ2n) is 5.27. The van der Waals surface area contributed by atoms with E-state index in [1.54, 1.807) is 24.3 Å². The predicted molar refractivity (Wildman–Crippen MR) is 92.5 cm³/mol. The number of benzene rings is 2. The van der Waals surface area contributed by atoms with Crippen molar-refractivity contribution in [3.05, 3.63) is 58.6 Å². The van der Waals surface area contributed by atoms with Crippen LogP contribution >= 0.6 is 11.6 Å². The van der Waals surface area contributed by atoms with E-state index in [1.165, 1.54) is 0 Å². The molecule has 1 amide bonds. The van der Waals surface area contributed by atoms with Gasteiger partial charge in [-0.3, -0.25) is 4.79 Å². The summed E-state index contributed by atoms with van der Waals surface area (Å²) in [5.41, 5.74) is 2.67. The average Bonchev–Trinajstić information content (AvgIpc) is 2.56. The Morgan fingerprint density at radius 3 is 2.46 bits per heavy atom. The zero-order valence-electron chi connectivity index (χ0n) is 13.5. The third kappa shape index (κ3) is 5.59. The molecule has 0 radical (unpaired) electrons. The first kappa shape index (κ1) is 17.8. The van der Waals surface area contributed by atoms with Crippen molar-refractivity contribution in [3.8, 4) is 5.75 Å². The van der Waals surface area contributed by atoms with Gasteiger partial charge in [0, 0.05) is 10.7 Å². The molecule has 1 N–H and O–H groups in total. The zero-order chi connectivity index (χ0) is 17.5. The Bertz CT molecular complexity index is 728. The molecule has 0 bridgehead atoms. The lowest BCUT2D eigenvalue weighted by molar-refractivity contribution is -0.149. The largest absolute Gasteiger partial charge is 0.482 e. The van der Waals surface area contributed by atoms with E-state index >= 15 is 0 Å². The second-order valence-corrected chi connectivity index (χ2v) is 5.71. The maximum atomic E-state index is 11.8. The molecule has 0 aromatic heterocycles. The highest BCUT2D eigenvalue weighted by Crippen LogP contribution is 2.16. The lowest BCUT2D eigenvalue weighted by Gasteiger charge is -2.10. The second kappa shape index (κ2) is 8.36. The van der Waals surface area contributed by atoms with Crippen molar-refractivity contribution in [1.29, 1.82) is 0 Å². The molecule has 0 atom stereocenters. The number of carbonyl (C=O) groups excluding carboxylic acids is 2. The summed E-state index contributed by atoms with van der Waals surface area (Å²) in [6, 6.07) is 12.3. The lowest BCUT2D eigenvalue weighted by Crippen LogP contribution is -2.24.